The van der Waals surface area contributed by atoms with Gasteiger partial charge in [0.05, 0.1) is 43.7 Å². The summed E-state index contributed by atoms with van der Waals surface area (Å²) < 4.78 is 11.4. The molecule has 8 heteroatoms. The molecule has 8 nitrogen and oxygen atoms in total. The third-order valence-corrected chi connectivity index (χ3v) is 5.93. The number of hydrogen-bond acceptors (Lipinski definition) is 7. The average Bonchev–Trinajstić information content (AvgIpc) is 3.44. The molecule has 2 saturated heterocycles. The zero-order valence-corrected chi connectivity index (χ0v) is 17.7. The van der Waals surface area contributed by atoms with E-state index in [4.69, 9.17) is 9.47 Å². The van der Waals surface area contributed by atoms with Gasteiger partial charge in [0.1, 0.15) is 6.10 Å². The number of epoxide rings is 1. The summed E-state index contributed by atoms with van der Waals surface area (Å²) in [5, 5.41) is 33.2. The van der Waals surface area contributed by atoms with Crippen molar-refractivity contribution in [2.45, 2.75) is 83.6 Å². The molecule has 0 bridgehead atoms. The van der Waals surface area contributed by atoms with E-state index in [1.165, 1.54) is 6.08 Å². The van der Waals surface area contributed by atoms with E-state index in [0.717, 1.165) is 0 Å². The van der Waals surface area contributed by atoms with Gasteiger partial charge in [-0.1, -0.05) is 19.4 Å². The monoisotopic (exact) mass is 413 g/mol. The zero-order valence-electron chi connectivity index (χ0n) is 17.7. The Bertz CT molecular complexity index is 606. The molecule has 2 rings (SSSR count). The van der Waals surface area contributed by atoms with E-state index in [1.807, 2.05) is 6.92 Å². The number of carbonyl (C=O) groups is 2. The van der Waals surface area contributed by atoms with Gasteiger partial charge < -0.3 is 30.1 Å². The maximum Gasteiger partial charge on any atom is 0.244 e. The number of hydrogen-bond donors (Lipinski definition) is 4. The Morgan fingerprint density at radius 2 is 1.90 bits per heavy atom. The average molecular weight is 414 g/mol. The Balaban J connectivity index is 1.80. The third-order valence-electron chi connectivity index (χ3n) is 5.93. The van der Waals surface area contributed by atoms with Crippen LogP contribution in [0.1, 0.15) is 47.0 Å². The van der Waals surface area contributed by atoms with Gasteiger partial charge in [0, 0.05) is 24.3 Å². The minimum atomic E-state index is -1.06. The highest BCUT2D eigenvalue weighted by molar-refractivity contribution is 5.92. The molecule has 8 atom stereocenters. The topological polar surface area (TPSA) is 129 Å². The number of amides is 1. The van der Waals surface area contributed by atoms with E-state index >= 15 is 0 Å². The van der Waals surface area contributed by atoms with Crippen molar-refractivity contribution in [2.24, 2.45) is 11.8 Å². The maximum absolute atomic E-state index is 11.9. The Morgan fingerprint density at radius 1 is 1.21 bits per heavy atom. The van der Waals surface area contributed by atoms with Gasteiger partial charge in [0.15, 0.2) is 5.78 Å². The fourth-order valence-corrected chi connectivity index (χ4v) is 3.67. The van der Waals surface area contributed by atoms with Crippen LogP contribution in [0, 0.1) is 11.8 Å². The highest BCUT2D eigenvalue weighted by atomic mass is 16.6. The van der Waals surface area contributed by atoms with E-state index in [-0.39, 0.29) is 42.3 Å². The first-order chi connectivity index (χ1) is 13.6. The number of Topliss-reactive ketones (excluding diaryl/α,β-unsaturated/α-hetero) is 1. The molecule has 0 radical (unpaired) electrons. The minimum absolute atomic E-state index is 0.0000307. The van der Waals surface area contributed by atoms with Crippen LogP contribution < -0.4 is 5.32 Å². The van der Waals surface area contributed by atoms with Gasteiger partial charge in [-0.3, -0.25) is 9.59 Å². The fraction of sp³-hybridized carbons (Fsp3) is 0.810. The molecular weight excluding hydrogens is 378 g/mol. The van der Waals surface area contributed by atoms with Crippen molar-refractivity contribution in [1.29, 1.82) is 0 Å². The Hall–Kier alpha value is -1.32. The molecule has 2 aliphatic heterocycles. The molecule has 29 heavy (non-hydrogen) atoms. The Morgan fingerprint density at radius 3 is 2.52 bits per heavy atom. The first-order valence-corrected chi connectivity index (χ1v) is 10.4. The largest absolute Gasteiger partial charge is 0.393 e. The molecule has 4 N–H and O–H groups in total. The SMILES string of the molecule is CCC(=O)CNC(=O)/C=C(\C)C[C@@H]1OC[C@H](C[C@@H]2O[C@H]2[C@@H](C)[C@H](C)O)[C@@H](O)[C@H]1O. The highest BCUT2D eigenvalue weighted by Gasteiger charge is 2.48. The van der Waals surface area contributed by atoms with Crippen LogP contribution >= 0.6 is 0 Å². The standard InChI is InChI=1S/C21H35NO7/c1-5-15(24)9-22-18(25)7-11(2)6-16-20(27)19(26)14(10-28-16)8-17-21(29-17)12(3)13(4)23/h7,12-14,16-17,19-21,23,26-27H,5-6,8-10H2,1-4H3,(H,22,25)/b11-7+/t12-,13-,14-,16-,17-,19+,20-,21-/m0/s1. The quantitative estimate of drug-likeness (QED) is 0.300. The first-order valence-electron chi connectivity index (χ1n) is 10.4. The van der Waals surface area contributed by atoms with Gasteiger partial charge in [0.25, 0.3) is 0 Å². The summed E-state index contributed by atoms with van der Waals surface area (Å²) in [7, 11) is 0. The summed E-state index contributed by atoms with van der Waals surface area (Å²) in [5.41, 5.74) is 0.692. The Kier molecular flexibility index (Phi) is 8.78. The first kappa shape index (κ1) is 24.0. The van der Waals surface area contributed by atoms with Crippen LogP contribution in [0.2, 0.25) is 0 Å². The predicted molar refractivity (Wildman–Crippen MR) is 106 cm³/mol. The van der Waals surface area contributed by atoms with Crippen LogP contribution in [0.15, 0.2) is 11.6 Å². The fourth-order valence-electron chi connectivity index (χ4n) is 3.67. The number of aliphatic hydroxyl groups is 3. The number of aliphatic hydroxyl groups excluding tert-OH is 3. The van der Waals surface area contributed by atoms with Crippen molar-refractivity contribution in [2.75, 3.05) is 13.2 Å². The molecule has 0 saturated carbocycles. The van der Waals surface area contributed by atoms with E-state index in [0.29, 0.717) is 31.4 Å². The van der Waals surface area contributed by atoms with Gasteiger partial charge in [0.2, 0.25) is 5.91 Å². The van der Waals surface area contributed by atoms with Crippen molar-refractivity contribution in [3.8, 4) is 0 Å². The maximum atomic E-state index is 11.9. The molecular formula is C21H35NO7. The summed E-state index contributed by atoms with van der Waals surface area (Å²) in [5.74, 6) is -0.637. The number of rotatable bonds is 10. The van der Waals surface area contributed by atoms with Crippen LogP contribution in [0.3, 0.4) is 0 Å². The van der Waals surface area contributed by atoms with Crippen molar-refractivity contribution >= 4 is 11.7 Å². The van der Waals surface area contributed by atoms with Crippen LogP contribution in [-0.2, 0) is 19.1 Å². The third kappa shape index (κ3) is 6.86. The van der Waals surface area contributed by atoms with Gasteiger partial charge >= 0.3 is 0 Å². The van der Waals surface area contributed by atoms with Crippen molar-refractivity contribution in [3.05, 3.63) is 11.6 Å². The Labute approximate surface area is 172 Å². The molecule has 2 heterocycles. The van der Waals surface area contributed by atoms with E-state index in [1.54, 1.807) is 20.8 Å². The molecule has 0 aliphatic carbocycles. The second-order valence-electron chi connectivity index (χ2n) is 8.39. The molecule has 2 aliphatic rings. The molecule has 1 amide bonds. The molecule has 166 valence electrons. The molecule has 0 aromatic heterocycles. The number of ketones is 1. The van der Waals surface area contributed by atoms with Crippen LogP contribution in [0.5, 0.6) is 0 Å². The predicted octanol–water partition coefficient (Wildman–Crippen LogP) is 0.329. The number of carbonyl (C=O) groups excluding carboxylic acids is 2. The second-order valence-corrected chi connectivity index (χ2v) is 8.39. The summed E-state index contributed by atoms with van der Waals surface area (Å²) in [6.07, 6.45) is -0.501. The minimum Gasteiger partial charge on any atom is -0.393 e. The summed E-state index contributed by atoms with van der Waals surface area (Å²) in [6.45, 7) is 7.43. The molecule has 0 unspecified atom stereocenters. The summed E-state index contributed by atoms with van der Waals surface area (Å²) in [4.78, 5) is 23.1. The molecule has 0 spiro atoms. The lowest BCUT2D eigenvalue weighted by Crippen LogP contribution is -2.50. The smallest absolute Gasteiger partial charge is 0.244 e. The number of nitrogens with one attached hydrogen (secondary N) is 1. The van der Waals surface area contributed by atoms with Crippen LogP contribution in [0.25, 0.3) is 0 Å². The van der Waals surface area contributed by atoms with Gasteiger partial charge in [-0.15, -0.1) is 0 Å². The van der Waals surface area contributed by atoms with Crippen molar-refractivity contribution in [1.82, 2.24) is 5.32 Å². The lowest BCUT2D eigenvalue weighted by molar-refractivity contribution is -0.165. The van der Waals surface area contributed by atoms with E-state index in [9.17, 15) is 24.9 Å². The number of ether oxygens (including phenoxy) is 2. The van der Waals surface area contributed by atoms with Crippen molar-refractivity contribution in [3.63, 3.8) is 0 Å². The normalized spacial score (nSPS) is 34.4. The van der Waals surface area contributed by atoms with Gasteiger partial charge in [-0.2, -0.15) is 0 Å². The van der Waals surface area contributed by atoms with Crippen LogP contribution in [-0.4, -0.2) is 76.8 Å². The second kappa shape index (κ2) is 10.6. The summed E-state index contributed by atoms with van der Waals surface area (Å²) >= 11 is 0. The molecule has 2 fully saturated rings. The van der Waals surface area contributed by atoms with Crippen molar-refractivity contribution < 1.29 is 34.4 Å². The zero-order chi connectivity index (χ0) is 21.7. The lowest BCUT2D eigenvalue weighted by Gasteiger charge is -2.38. The van der Waals surface area contributed by atoms with Gasteiger partial charge in [-0.05, 0) is 26.7 Å². The lowest BCUT2D eigenvalue weighted by atomic mass is 9.85. The van der Waals surface area contributed by atoms with Gasteiger partial charge in [-0.25, -0.2) is 0 Å². The molecule has 0 aromatic carbocycles. The van der Waals surface area contributed by atoms with E-state index in [2.05, 4.69) is 5.32 Å². The van der Waals surface area contributed by atoms with E-state index < -0.39 is 24.4 Å². The van der Waals surface area contributed by atoms with Crippen LogP contribution in [0.4, 0.5) is 0 Å². The highest BCUT2D eigenvalue weighted by Crippen LogP contribution is 2.38. The summed E-state index contributed by atoms with van der Waals surface area (Å²) in [6, 6.07) is 0. The molecule has 0 aromatic rings.